The standard InChI is InChI=1S/C22H23BrN4O4/c1-14-20(15(2)27(26-14)19-9-7-16(23)8-10-19)21(28)24-17-5-4-6-18(13-17)25-22(29)31-12-11-30-3/h4-10,13H,11-12H2,1-3H3,(H,24,28)(H,25,29). The Morgan fingerprint density at radius 2 is 1.71 bits per heavy atom. The summed E-state index contributed by atoms with van der Waals surface area (Å²) in [6, 6.07) is 14.5. The summed E-state index contributed by atoms with van der Waals surface area (Å²) in [7, 11) is 1.53. The number of hydrogen-bond acceptors (Lipinski definition) is 5. The molecule has 0 spiro atoms. The smallest absolute Gasteiger partial charge is 0.411 e. The first-order valence-corrected chi connectivity index (χ1v) is 10.3. The number of benzene rings is 2. The Bertz CT molecular complexity index is 1080. The molecule has 0 bridgehead atoms. The highest BCUT2D eigenvalue weighted by molar-refractivity contribution is 9.10. The third kappa shape index (κ3) is 5.71. The summed E-state index contributed by atoms with van der Waals surface area (Å²) in [4.78, 5) is 24.8. The second kappa shape index (κ2) is 10.2. The average Bonchev–Trinajstić information content (AvgIpc) is 3.03. The third-order valence-electron chi connectivity index (χ3n) is 4.48. The van der Waals surface area contributed by atoms with E-state index in [1.54, 1.807) is 35.9 Å². The van der Waals surface area contributed by atoms with Crippen molar-refractivity contribution in [3.05, 3.63) is 70.0 Å². The van der Waals surface area contributed by atoms with E-state index in [0.717, 1.165) is 15.9 Å². The van der Waals surface area contributed by atoms with Crippen LogP contribution in [0.1, 0.15) is 21.7 Å². The van der Waals surface area contributed by atoms with Crippen molar-refractivity contribution in [2.24, 2.45) is 0 Å². The largest absolute Gasteiger partial charge is 0.447 e. The van der Waals surface area contributed by atoms with Gasteiger partial charge in [0, 0.05) is 23.0 Å². The van der Waals surface area contributed by atoms with Gasteiger partial charge in [0.25, 0.3) is 5.91 Å². The maximum atomic E-state index is 13.0. The van der Waals surface area contributed by atoms with Gasteiger partial charge < -0.3 is 14.8 Å². The van der Waals surface area contributed by atoms with Crippen molar-refractivity contribution in [1.29, 1.82) is 0 Å². The number of aryl methyl sites for hydroxylation is 1. The minimum atomic E-state index is -0.594. The van der Waals surface area contributed by atoms with Crippen molar-refractivity contribution in [3.63, 3.8) is 0 Å². The molecule has 2 amide bonds. The molecule has 162 valence electrons. The van der Waals surface area contributed by atoms with Crippen molar-refractivity contribution in [3.8, 4) is 5.69 Å². The molecular formula is C22H23BrN4O4. The number of carbonyl (C=O) groups excluding carboxylic acids is 2. The van der Waals surface area contributed by atoms with Crippen molar-refractivity contribution in [1.82, 2.24) is 9.78 Å². The van der Waals surface area contributed by atoms with E-state index in [9.17, 15) is 9.59 Å². The fourth-order valence-corrected chi connectivity index (χ4v) is 3.31. The molecule has 0 atom stereocenters. The lowest BCUT2D eigenvalue weighted by molar-refractivity contribution is 0.102. The number of methoxy groups -OCH3 is 1. The van der Waals surface area contributed by atoms with E-state index in [1.807, 2.05) is 31.2 Å². The summed E-state index contributed by atoms with van der Waals surface area (Å²) < 4.78 is 12.5. The first-order valence-electron chi connectivity index (χ1n) is 9.55. The summed E-state index contributed by atoms with van der Waals surface area (Å²) in [5.74, 6) is -0.279. The van der Waals surface area contributed by atoms with Crippen LogP contribution in [0.3, 0.4) is 0 Å². The molecule has 3 rings (SSSR count). The summed E-state index contributed by atoms with van der Waals surface area (Å²) in [5, 5.41) is 10.0. The molecule has 0 saturated heterocycles. The number of anilines is 2. The molecule has 1 heterocycles. The maximum Gasteiger partial charge on any atom is 0.411 e. The first kappa shape index (κ1) is 22.5. The first-order chi connectivity index (χ1) is 14.9. The highest BCUT2D eigenvalue weighted by atomic mass is 79.9. The number of rotatable bonds is 7. The van der Waals surface area contributed by atoms with Crippen LogP contribution in [0.2, 0.25) is 0 Å². The topological polar surface area (TPSA) is 94.5 Å². The summed E-state index contributed by atoms with van der Waals surface area (Å²) in [6.45, 7) is 4.12. The Hall–Kier alpha value is -3.17. The predicted molar refractivity (Wildman–Crippen MR) is 122 cm³/mol. The molecular weight excluding hydrogens is 464 g/mol. The van der Waals surface area contributed by atoms with Crippen molar-refractivity contribution in [2.45, 2.75) is 13.8 Å². The van der Waals surface area contributed by atoms with Crippen molar-refractivity contribution < 1.29 is 19.1 Å². The van der Waals surface area contributed by atoms with E-state index in [0.29, 0.717) is 29.2 Å². The Balaban J connectivity index is 1.73. The van der Waals surface area contributed by atoms with Crippen LogP contribution in [0.5, 0.6) is 0 Å². The lowest BCUT2D eigenvalue weighted by Crippen LogP contribution is -2.17. The molecule has 9 heteroatoms. The highest BCUT2D eigenvalue weighted by Gasteiger charge is 2.20. The fourth-order valence-electron chi connectivity index (χ4n) is 3.04. The van der Waals surface area contributed by atoms with Crippen molar-refractivity contribution >= 4 is 39.3 Å². The van der Waals surface area contributed by atoms with Crippen LogP contribution < -0.4 is 10.6 Å². The van der Waals surface area contributed by atoms with Crippen LogP contribution in [0.15, 0.2) is 53.0 Å². The van der Waals surface area contributed by atoms with Crippen LogP contribution in [0.4, 0.5) is 16.2 Å². The number of amides is 2. The zero-order chi connectivity index (χ0) is 22.4. The monoisotopic (exact) mass is 486 g/mol. The van der Waals surface area contributed by atoms with Gasteiger partial charge in [0.1, 0.15) is 6.61 Å². The Morgan fingerprint density at radius 1 is 1.03 bits per heavy atom. The van der Waals surface area contributed by atoms with Crippen LogP contribution >= 0.6 is 15.9 Å². The van der Waals surface area contributed by atoms with Gasteiger partial charge in [-0.25, -0.2) is 9.48 Å². The summed E-state index contributed by atoms with van der Waals surface area (Å²) >= 11 is 3.42. The third-order valence-corrected chi connectivity index (χ3v) is 5.01. The maximum absolute atomic E-state index is 13.0. The number of aromatic nitrogens is 2. The van der Waals surface area contributed by atoms with Gasteiger partial charge in [0.15, 0.2) is 0 Å². The minimum Gasteiger partial charge on any atom is -0.447 e. The molecule has 0 aliphatic heterocycles. The SMILES string of the molecule is COCCOC(=O)Nc1cccc(NC(=O)c2c(C)nn(-c3ccc(Br)cc3)c2C)c1. The Kier molecular flexibility index (Phi) is 7.43. The molecule has 2 N–H and O–H groups in total. The number of nitrogens with one attached hydrogen (secondary N) is 2. The zero-order valence-electron chi connectivity index (χ0n) is 17.4. The number of carbonyl (C=O) groups is 2. The van der Waals surface area contributed by atoms with E-state index in [-0.39, 0.29) is 12.5 Å². The lowest BCUT2D eigenvalue weighted by atomic mass is 10.1. The van der Waals surface area contributed by atoms with Gasteiger partial charge in [0.2, 0.25) is 0 Å². The molecule has 1 aromatic heterocycles. The number of halogens is 1. The Morgan fingerprint density at radius 3 is 2.39 bits per heavy atom. The normalized spacial score (nSPS) is 10.6. The van der Waals surface area contributed by atoms with Gasteiger partial charge in [-0.3, -0.25) is 10.1 Å². The molecule has 0 saturated carbocycles. The zero-order valence-corrected chi connectivity index (χ0v) is 19.0. The van der Waals surface area contributed by atoms with Crippen LogP contribution in [-0.4, -0.2) is 42.1 Å². The lowest BCUT2D eigenvalue weighted by Gasteiger charge is -2.10. The van der Waals surface area contributed by atoms with Gasteiger partial charge >= 0.3 is 6.09 Å². The van der Waals surface area contributed by atoms with Gasteiger partial charge in [-0.05, 0) is 56.3 Å². The highest BCUT2D eigenvalue weighted by Crippen LogP contribution is 2.22. The summed E-state index contributed by atoms with van der Waals surface area (Å²) in [5.41, 5.74) is 3.75. The van der Waals surface area contributed by atoms with E-state index in [1.165, 1.54) is 7.11 Å². The van der Waals surface area contributed by atoms with E-state index < -0.39 is 6.09 Å². The van der Waals surface area contributed by atoms with Gasteiger partial charge in [-0.15, -0.1) is 0 Å². The molecule has 0 radical (unpaired) electrons. The number of hydrogen-bond donors (Lipinski definition) is 2. The van der Waals surface area contributed by atoms with Gasteiger partial charge in [0.05, 0.1) is 29.2 Å². The second-order valence-corrected chi connectivity index (χ2v) is 7.64. The minimum absolute atomic E-state index is 0.152. The number of nitrogens with zero attached hydrogens (tertiary/aromatic N) is 2. The molecule has 2 aromatic carbocycles. The van der Waals surface area contributed by atoms with E-state index in [4.69, 9.17) is 9.47 Å². The predicted octanol–water partition coefficient (Wildman–Crippen LogP) is 4.70. The molecule has 31 heavy (non-hydrogen) atoms. The van der Waals surface area contributed by atoms with Gasteiger partial charge in [-0.1, -0.05) is 22.0 Å². The fraction of sp³-hybridized carbons (Fsp3) is 0.227. The van der Waals surface area contributed by atoms with Crippen molar-refractivity contribution in [2.75, 3.05) is 31.0 Å². The second-order valence-electron chi connectivity index (χ2n) is 6.72. The molecule has 0 aliphatic rings. The quantitative estimate of drug-likeness (QED) is 0.472. The number of ether oxygens (including phenoxy) is 2. The van der Waals surface area contributed by atoms with E-state index in [2.05, 4.69) is 31.7 Å². The van der Waals surface area contributed by atoms with Crippen LogP contribution in [-0.2, 0) is 9.47 Å². The Labute approximate surface area is 188 Å². The molecule has 0 unspecified atom stereocenters. The van der Waals surface area contributed by atoms with Crippen LogP contribution in [0, 0.1) is 13.8 Å². The average molecular weight is 487 g/mol. The summed E-state index contributed by atoms with van der Waals surface area (Å²) in [6.07, 6.45) is -0.594. The van der Waals surface area contributed by atoms with Gasteiger partial charge in [-0.2, -0.15) is 5.10 Å². The van der Waals surface area contributed by atoms with Crippen LogP contribution in [0.25, 0.3) is 5.69 Å². The molecule has 3 aromatic rings. The van der Waals surface area contributed by atoms with E-state index >= 15 is 0 Å². The molecule has 0 fully saturated rings. The molecule has 8 nitrogen and oxygen atoms in total. The molecule has 0 aliphatic carbocycles.